The summed E-state index contributed by atoms with van der Waals surface area (Å²) in [5.41, 5.74) is 2.79. The molecule has 0 saturated heterocycles. The first kappa shape index (κ1) is 28.7. The number of esters is 2. The van der Waals surface area contributed by atoms with Gasteiger partial charge in [-0.05, 0) is 55.2 Å². The molecule has 0 heterocycles. The van der Waals surface area contributed by atoms with E-state index in [-0.39, 0.29) is 24.0 Å². The number of allylic oxidation sites excluding steroid dienone is 4. The number of rotatable bonds is 11. The number of hydrogen-bond acceptors (Lipinski definition) is 7. The number of carbonyl (C=O) groups excluding carboxylic acids is 2. The summed E-state index contributed by atoms with van der Waals surface area (Å²) in [6, 6.07) is 1.16. The number of carbonyl (C=O) groups is 2. The van der Waals surface area contributed by atoms with E-state index in [0.29, 0.717) is 25.9 Å². The highest BCUT2D eigenvalue weighted by atomic mass is 16.5. The van der Waals surface area contributed by atoms with Crippen LogP contribution in [-0.4, -0.2) is 44.3 Å². The smallest absolute Gasteiger partial charge is 0.394 e. The Hall–Kier alpha value is -3.52. The van der Waals surface area contributed by atoms with Crippen LogP contribution in [0.25, 0.3) is 4.85 Å². The Morgan fingerprint density at radius 2 is 1.44 bits per heavy atom. The van der Waals surface area contributed by atoms with Gasteiger partial charge in [-0.15, -0.1) is 0 Å². The zero-order valence-electron chi connectivity index (χ0n) is 22.2. The van der Waals surface area contributed by atoms with Crippen molar-refractivity contribution < 1.29 is 19.1 Å². The molecule has 2 aliphatic rings. The highest BCUT2D eigenvalue weighted by molar-refractivity contribution is 5.82. The van der Waals surface area contributed by atoms with E-state index in [2.05, 4.69) is 61.4 Å². The molecule has 0 radical (unpaired) electrons. The lowest BCUT2D eigenvalue weighted by molar-refractivity contribution is -0.145. The Labute approximate surface area is 214 Å². The molecule has 0 aliphatic heterocycles. The van der Waals surface area contributed by atoms with Gasteiger partial charge < -0.3 is 20.1 Å². The van der Waals surface area contributed by atoms with Gasteiger partial charge in [0.1, 0.15) is 0 Å². The van der Waals surface area contributed by atoms with Gasteiger partial charge in [0, 0.05) is 30.1 Å². The van der Waals surface area contributed by atoms with Gasteiger partial charge in [0.25, 0.3) is 0 Å². The number of ether oxygens (including phenoxy) is 2. The van der Waals surface area contributed by atoms with Crippen LogP contribution in [0.15, 0.2) is 46.8 Å². The maximum Gasteiger partial charge on any atom is 0.394 e. The van der Waals surface area contributed by atoms with E-state index in [1.807, 2.05) is 12.2 Å². The zero-order chi connectivity index (χ0) is 26.9. The van der Waals surface area contributed by atoms with E-state index in [1.54, 1.807) is 13.8 Å². The third-order valence-corrected chi connectivity index (χ3v) is 5.89. The van der Waals surface area contributed by atoms with Crippen LogP contribution in [-0.2, 0) is 19.1 Å². The number of hydrogen-bond donors (Lipinski definition) is 2. The molecule has 0 aromatic heterocycles. The van der Waals surface area contributed by atoms with Crippen molar-refractivity contribution in [3.05, 3.63) is 58.3 Å². The minimum Gasteiger partial charge on any atom is -0.465 e. The van der Waals surface area contributed by atoms with Crippen LogP contribution in [0.1, 0.15) is 54.4 Å². The van der Waals surface area contributed by atoms with Crippen LogP contribution in [0.5, 0.6) is 0 Å². The van der Waals surface area contributed by atoms with E-state index >= 15 is 0 Å². The Morgan fingerprint density at radius 1 is 0.972 bits per heavy atom. The van der Waals surface area contributed by atoms with Gasteiger partial charge in [-0.3, -0.25) is 9.64 Å². The Bertz CT molecular complexity index is 966. The molecule has 2 rings (SSSR count). The second kappa shape index (κ2) is 12.4. The quantitative estimate of drug-likeness (QED) is 0.252. The summed E-state index contributed by atoms with van der Waals surface area (Å²) < 4.78 is 10.2. The highest BCUT2D eigenvalue weighted by Gasteiger charge is 2.35. The maximum atomic E-state index is 12.3. The Balaban J connectivity index is 2.07. The molecule has 194 valence electrons. The SMILES string of the molecule is [C-]#[N+]C(C(=O)OCC)C1=CC(NCCNC2=CC(C)(C)CC(C(C#N)C(=O)OCC)=C2)=CC(C)(C)C1. The molecule has 2 aliphatic carbocycles. The number of nitrogens with one attached hydrogen (secondary N) is 2. The molecule has 2 N–H and O–H groups in total. The summed E-state index contributed by atoms with van der Waals surface area (Å²) in [6.45, 7) is 20.9. The summed E-state index contributed by atoms with van der Waals surface area (Å²) >= 11 is 0. The van der Waals surface area contributed by atoms with E-state index < -0.39 is 23.9 Å². The third-order valence-electron chi connectivity index (χ3n) is 5.89. The van der Waals surface area contributed by atoms with Gasteiger partial charge in [0.2, 0.25) is 0 Å². The molecule has 0 amide bonds. The van der Waals surface area contributed by atoms with Gasteiger partial charge in [-0.1, -0.05) is 39.8 Å². The first-order valence-corrected chi connectivity index (χ1v) is 12.4. The van der Waals surface area contributed by atoms with Crippen LogP contribution in [0.3, 0.4) is 0 Å². The lowest BCUT2D eigenvalue weighted by atomic mass is 9.77. The summed E-state index contributed by atoms with van der Waals surface area (Å²) in [4.78, 5) is 28.0. The summed E-state index contributed by atoms with van der Waals surface area (Å²) in [6.07, 6.45) is 9.18. The van der Waals surface area contributed by atoms with Crippen molar-refractivity contribution in [3.8, 4) is 6.07 Å². The molecule has 2 unspecified atom stereocenters. The van der Waals surface area contributed by atoms with E-state index in [0.717, 1.165) is 22.5 Å². The molecule has 2 atom stereocenters. The van der Waals surface area contributed by atoms with Crippen molar-refractivity contribution in [1.29, 1.82) is 5.26 Å². The lowest BCUT2D eigenvalue weighted by Crippen LogP contribution is -2.32. The van der Waals surface area contributed by atoms with Crippen LogP contribution in [0.4, 0.5) is 0 Å². The fourth-order valence-corrected chi connectivity index (χ4v) is 4.58. The minimum atomic E-state index is -0.932. The van der Waals surface area contributed by atoms with E-state index in [1.165, 1.54) is 0 Å². The molecule has 8 heteroatoms. The summed E-state index contributed by atoms with van der Waals surface area (Å²) in [5.74, 6) is -1.94. The maximum absolute atomic E-state index is 12.3. The third kappa shape index (κ3) is 8.02. The fraction of sp³-hybridized carbons (Fsp3) is 0.571. The van der Waals surface area contributed by atoms with Crippen LogP contribution >= 0.6 is 0 Å². The average Bonchev–Trinajstić information content (AvgIpc) is 2.76. The standard InChI is InChI=1S/C28H38N4O4/c1-8-35-25(33)23(18-29)19-12-21(16-27(3,4)14-19)31-10-11-32-22-13-20(15-28(5,6)17-22)24(30-7)26(34)36-9-2/h12-13,16-17,23-24,31-32H,8-11,14-15H2,1-6H3. The molecule has 36 heavy (non-hydrogen) atoms. The molecule has 0 aromatic rings. The first-order valence-electron chi connectivity index (χ1n) is 12.4. The van der Waals surface area contributed by atoms with Gasteiger partial charge in [0.05, 0.1) is 19.3 Å². The minimum absolute atomic E-state index is 0.206. The van der Waals surface area contributed by atoms with Gasteiger partial charge in [0.15, 0.2) is 5.92 Å². The second-order valence-corrected chi connectivity index (χ2v) is 10.4. The Morgan fingerprint density at radius 3 is 1.92 bits per heavy atom. The molecular weight excluding hydrogens is 456 g/mol. The summed E-state index contributed by atoms with van der Waals surface area (Å²) in [7, 11) is 0. The Kier molecular flexibility index (Phi) is 9.93. The highest BCUT2D eigenvalue weighted by Crippen LogP contribution is 2.37. The molecule has 8 nitrogen and oxygen atoms in total. The van der Waals surface area contributed by atoms with Gasteiger partial charge >= 0.3 is 18.0 Å². The number of nitriles is 1. The van der Waals surface area contributed by atoms with Gasteiger partial charge in [-0.2, -0.15) is 5.26 Å². The second-order valence-electron chi connectivity index (χ2n) is 10.4. The summed E-state index contributed by atoms with van der Waals surface area (Å²) in [5, 5.41) is 16.4. The molecule has 0 spiro atoms. The van der Waals surface area contributed by atoms with Crippen molar-refractivity contribution in [2.24, 2.45) is 16.7 Å². The normalized spacial score (nSPS) is 19.6. The van der Waals surface area contributed by atoms with Crippen molar-refractivity contribution in [3.63, 3.8) is 0 Å². The molecule has 0 bridgehead atoms. The molecule has 0 aromatic carbocycles. The molecule has 0 saturated carbocycles. The van der Waals surface area contributed by atoms with Crippen molar-refractivity contribution in [2.45, 2.75) is 60.4 Å². The predicted octanol–water partition coefficient (Wildman–Crippen LogP) is 4.20. The number of nitrogens with zero attached hydrogens (tertiary/aromatic N) is 2. The van der Waals surface area contributed by atoms with E-state index in [4.69, 9.17) is 16.0 Å². The van der Waals surface area contributed by atoms with E-state index in [9.17, 15) is 14.9 Å². The first-order chi connectivity index (χ1) is 16.9. The van der Waals surface area contributed by atoms with Crippen LogP contribution in [0, 0.1) is 34.7 Å². The van der Waals surface area contributed by atoms with Crippen LogP contribution < -0.4 is 10.6 Å². The lowest BCUT2D eigenvalue weighted by Gasteiger charge is -2.30. The zero-order valence-corrected chi connectivity index (χ0v) is 22.2. The largest absolute Gasteiger partial charge is 0.465 e. The van der Waals surface area contributed by atoms with Gasteiger partial charge in [-0.25, -0.2) is 11.4 Å². The average molecular weight is 495 g/mol. The predicted molar refractivity (Wildman–Crippen MR) is 138 cm³/mol. The van der Waals surface area contributed by atoms with Crippen molar-refractivity contribution in [1.82, 2.24) is 10.6 Å². The topological polar surface area (TPSA) is 105 Å². The fourth-order valence-electron chi connectivity index (χ4n) is 4.58. The molecule has 0 fully saturated rings. The monoisotopic (exact) mass is 494 g/mol. The van der Waals surface area contributed by atoms with Crippen molar-refractivity contribution >= 4 is 11.9 Å². The van der Waals surface area contributed by atoms with Crippen LogP contribution in [0.2, 0.25) is 0 Å². The van der Waals surface area contributed by atoms with Crippen molar-refractivity contribution in [2.75, 3.05) is 26.3 Å². The molecular formula is C28H38N4O4.